The van der Waals surface area contributed by atoms with Gasteiger partial charge in [-0.15, -0.1) is 0 Å². The summed E-state index contributed by atoms with van der Waals surface area (Å²) in [5, 5.41) is 8.58. The van der Waals surface area contributed by atoms with Crippen LogP contribution in [0.25, 0.3) is 0 Å². The summed E-state index contributed by atoms with van der Waals surface area (Å²) in [6, 6.07) is 7.67. The predicted octanol–water partition coefficient (Wildman–Crippen LogP) is 1.63. The summed E-state index contributed by atoms with van der Waals surface area (Å²) in [7, 11) is 0. The van der Waals surface area contributed by atoms with Crippen LogP contribution in [0.2, 0.25) is 0 Å². The number of para-hydroxylation sites is 1. The van der Waals surface area contributed by atoms with E-state index in [2.05, 4.69) is 0 Å². The van der Waals surface area contributed by atoms with Gasteiger partial charge in [-0.25, -0.2) is 4.79 Å². The number of benzene rings is 1. The van der Waals surface area contributed by atoms with Crippen molar-refractivity contribution in [1.29, 1.82) is 0 Å². The Bertz CT molecular complexity index is 393. The minimum Gasteiger partial charge on any atom is -0.489 e. The van der Waals surface area contributed by atoms with Gasteiger partial charge in [0.1, 0.15) is 12.4 Å². The van der Waals surface area contributed by atoms with Crippen molar-refractivity contribution in [1.82, 2.24) is 0 Å². The second-order valence-electron chi connectivity index (χ2n) is 3.21. The molecule has 0 radical (unpaired) electrons. The molecule has 1 heterocycles. The molecule has 14 heavy (non-hydrogen) atoms. The quantitative estimate of drug-likeness (QED) is 0.684. The molecule has 3 nitrogen and oxygen atoms in total. The van der Waals surface area contributed by atoms with Crippen LogP contribution in [0.5, 0.6) is 5.75 Å². The maximum Gasteiger partial charge on any atom is 0.328 e. The Hall–Kier alpha value is -1.77. The second kappa shape index (κ2) is 3.54. The lowest BCUT2D eigenvalue weighted by molar-refractivity contribution is -0.131. The molecule has 0 aliphatic carbocycles. The van der Waals surface area contributed by atoms with Gasteiger partial charge < -0.3 is 9.84 Å². The average Bonchev–Trinajstić information content (AvgIpc) is 2.17. The Morgan fingerprint density at radius 1 is 1.43 bits per heavy atom. The summed E-state index contributed by atoms with van der Waals surface area (Å²) in [6.07, 6.45) is 1.89. The molecule has 0 spiro atoms. The molecule has 0 atom stereocenters. The Morgan fingerprint density at radius 2 is 2.21 bits per heavy atom. The van der Waals surface area contributed by atoms with Crippen molar-refractivity contribution in [3.8, 4) is 5.75 Å². The minimum absolute atomic E-state index is 0.378. The van der Waals surface area contributed by atoms with E-state index in [4.69, 9.17) is 9.84 Å². The molecule has 0 aromatic heterocycles. The van der Waals surface area contributed by atoms with Gasteiger partial charge in [0.15, 0.2) is 0 Å². The number of fused-ring (bicyclic) bond motifs is 1. The molecule has 72 valence electrons. The molecule has 1 aromatic carbocycles. The Kier molecular flexibility index (Phi) is 2.23. The summed E-state index contributed by atoms with van der Waals surface area (Å²) < 4.78 is 5.41. The zero-order valence-corrected chi connectivity index (χ0v) is 7.56. The van der Waals surface area contributed by atoms with Crippen molar-refractivity contribution in [3.63, 3.8) is 0 Å². The number of carboxylic acid groups (broad SMARTS) is 1. The molecular weight excluding hydrogens is 180 g/mol. The molecule has 0 unspecified atom stereocenters. The van der Waals surface area contributed by atoms with Gasteiger partial charge in [0.05, 0.1) is 0 Å². The van der Waals surface area contributed by atoms with Crippen LogP contribution in [0.15, 0.2) is 35.9 Å². The van der Waals surface area contributed by atoms with E-state index in [1.165, 1.54) is 6.08 Å². The number of rotatable bonds is 1. The van der Waals surface area contributed by atoms with E-state index in [-0.39, 0.29) is 0 Å². The van der Waals surface area contributed by atoms with E-state index in [9.17, 15) is 4.79 Å². The van der Waals surface area contributed by atoms with Gasteiger partial charge in [0.25, 0.3) is 0 Å². The van der Waals surface area contributed by atoms with Crippen molar-refractivity contribution in [3.05, 3.63) is 41.5 Å². The molecule has 3 heteroatoms. The van der Waals surface area contributed by atoms with E-state index in [1.54, 1.807) is 0 Å². The maximum absolute atomic E-state index is 10.4. The predicted molar refractivity (Wildman–Crippen MR) is 51.4 cm³/mol. The van der Waals surface area contributed by atoms with E-state index >= 15 is 0 Å². The average molecular weight is 190 g/mol. The Morgan fingerprint density at radius 3 is 3.00 bits per heavy atom. The highest BCUT2D eigenvalue weighted by molar-refractivity contribution is 5.81. The molecule has 2 rings (SSSR count). The topological polar surface area (TPSA) is 46.5 Å². The molecular formula is C11H10O3. The number of ether oxygens (including phenoxy) is 1. The number of carbonyl (C=O) groups is 1. The van der Waals surface area contributed by atoms with E-state index < -0.39 is 5.97 Å². The summed E-state index contributed by atoms with van der Waals surface area (Å²) in [6.45, 7) is 0.378. The number of carboxylic acids is 1. The van der Waals surface area contributed by atoms with Crippen molar-refractivity contribution in [2.45, 2.75) is 6.42 Å². The van der Waals surface area contributed by atoms with Crippen LogP contribution in [-0.2, 0) is 11.2 Å². The minimum atomic E-state index is -0.914. The van der Waals surface area contributed by atoms with Crippen molar-refractivity contribution < 1.29 is 14.6 Å². The fourth-order valence-electron chi connectivity index (χ4n) is 1.52. The molecule has 0 amide bonds. The molecule has 0 bridgehead atoms. The van der Waals surface area contributed by atoms with Gasteiger partial charge in [0.2, 0.25) is 0 Å². The molecule has 1 aliphatic heterocycles. The van der Waals surface area contributed by atoms with Gasteiger partial charge >= 0.3 is 5.97 Å². The Labute approximate surface area is 81.6 Å². The third kappa shape index (κ3) is 1.76. The van der Waals surface area contributed by atoms with Crippen molar-refractivity contribution in [2.75, 3.05) is 6.61 Å². The van der Waals surface area contributed by atoms with Crippen molar-refractivity contribution >= 4 is 5.97 Å². The van der Waals surface area contributed by atoms with Crippen LogP contribution in [0.1, 0.15) is 5.56 Å². The van der Waals surface area contributed by atoms with Crippen LogP contribution in [0, 0.1) is 0 Å². The maximum atomic E-state index is 10.4. The van der Waals surface area contributed by atoms with E-state index in [0.717, 1.165) is 16.9 Å². The SMILES string of the molecule is O=C(O)/C=C1/COc2ccccc2C1. The first-order valence-corrected chi connectivity index (χ1v) is 4.39. The molecule has 1 N–H and O–H groups in total. The standard InChI is InChI=1S/C11H10O3/c12-11(13)6-8-5-9-3-1-2-4-10(9)14-7-8/h1-4,6H,5,7H2,(H,12,13)/b8-6+. The Balaban J connectivity index is 2.25. The fourth-order valence-corrected chi connectivity index (χ4v) is 1.52. The third-order valence-electron chi connectivity index (χ3n) is 2.13. The van der Waals surface area contributed by atoms with Gasteiger partial charge in [0, 0.05) is 12.5 Å². The summed E-state index contributed by atoms with van der Waals surface area (Å²) in [5.41, 5.74) is 1.85. The lowest BCUT2D eigenvalue weighted by atomic mass is 10.0. The van der Waals surface area contributed by atoms with Gasteiger partial charge in [-0.1, -0.05) is 18.2 Å². The van der Waals surface area contributed by atoms with E-state index in [1.807, 2.05) is 24.3 Å². The third-order valence-corrected chi connectivity index (χ3v) is 2.13. The second-order valence-corrected chi connectivity index (χ2v) is 3.21. The molecule has 1 aliphatic rings. The molecule has 0 fully saturated rings. The zero-order valence-electron chi connectivity index (χ0n) is 7.56. The highest BCUT2D eigenvalue weighted by atomic mass is 16.5. The van der Waals surface area contributed by atoms with Crippen LogP contribution < -0.4 is 4.74 Å². The lowest BCUT2D eigenvalue weighted by Crippen LogP contribution is -2.13. The van der Waals surface area contributed by atoms with Crippen LogP contribution in [0.4, 0.5) is 0 Å². The van der Waals surface area contributed by atoms with Crippen LogP contribution in [-0.4, -0.2) is 17.7 Å². The van der Waals surface area contributed by atoms with Gasteiger partial charge in [-0.05, 0) is 17.2 Å². The summed E-state index contributed by atoms with van der Waals surface area (Å²) >= 11 is 0. The molecule has 1 aromatic rings. The highest BCUT2D eigenvalue weighted by Crippen LogP contribution is 2.26. The number of aliphatic carboxylic acids is 1. The normalized spacial score (nSPS) is 17.3. The first kappa shape index (κ1) is 8.81. The smallest absolute Gasteiger partial charge is 0.328 e. The van der Waals surface area contributed by atoms with Crippen LogP contribution in [0.3, 0.4) is 0 Å². The van der Waals surface area contributed by atoms with E-state index in [0.29, 0.717) is 13.0 Å². The fraction of sp³-hybridized carbons (Fsp3) is 0.182. The van der Waals surface area contributed by atoms with Crippen LogP contribution >= 0.6 is 0 Å². The first-order valence-electron chi connectivity index (χ1n) is 4.39. The highest BCUT2D eigenvalue weighted by Gasteiger charge is 2.13. The monoisotopic (exact) mass is 190 g/mol. The summed E-state index contributed by atoms with van der Waals surface area (Å²) in [5.74, 6) is -0.0574. The zero-order chi connectivity index (χ0) is 9.97. The summed E-state index contributed by atoms with van der Waals surface area (Å²) in [4.78, 5) is 10.4. The van der Waals surface area contributed by atoms with Crippen molar-refractivity contribution in [2.24, 2.45) is 0 Å². The largest absolute Gasteiger partial charge is 0.489 e. The lowest BCUT2D eigenvalue weighted by Gasteiger charge is -2.18. The first-order chi connectivity index (χ1) is 6.75. The molecule has 0 saturated heterocycles. The number of hydrogen-bond donors (Lipinski definition) is 1. The van der Waals surface area contributed by atoms with Gasteiger partial charge in [-0.3, -0.25) is 0 Å². The molecule has 0 saturated carbocycles. The number of hydrogen-bond acceptors (Lipinski definition) is 2. The van der Waals surface area contributed by atoms with Gasteiger partial charge in [-0.2, -0.15) is 0 Å².